The van der Waals surface area contributed by atoms with Crippen LogP contribution >= 0.6 is 0 Å². The van der Waals surface area contributed by atoms with E-state index < -0.39 is 17.7 Å². The van der Waals surface area contributed by atoms with Crippen LogP contribution in [0.3, 0.4) is 0 Å². The van der Waals surface area contributed by atoms with E-state index in [1.807, 2.05) is 39.8 Å². The van der Waals surface area contributed by atoms with Crippen molar-refractivity contribution >= 4 is 12.0 Å². The molecule has 1 atom stereocenters. The fraction of sp³-hybridized carbons (Fsp3) is 0.733. The Hall–Kier alpha value is -1.52. The highest BCUT2D eigenvalue weighted by Crippen LogP contribution is 2.20. The summed E-state index contributed by atoms with van der Waals surface area (Å²) in [5.74, 6) is -0.0853. The van der Waals surface area contributed by atoms with Crippen LogP contribution in [0.2, 0.25) is 0 Å². The monoisotopic (exact) mass is 282 g/mol. The van der Waals surface area contributed by atoms with Crippen LogP contribution in [0.5, 0.6) is 0 Å². The minimum absolute atomic E-state index is 0.0853. The number of hydrogen-bond acceptors (Lipinski definition) is 3. The van der Waals surface area contributed by atoms with Crippen molar-refractivity contribution in [3.8, 4) is 0 Å². The van der Waals surface area contributed by atoms with Gasteiger partial charge < -0.3 is 10.1 Å². The van der Waals surface area contributed by atoms with E-state index in [4.69, 9.17) is 4.74 Å². The van der Waals surface area contributed by atoms with Gasteiger partial charge in [-0.1, -0.05) is 12.2 Å². The van der Waals surface area contributed by atoms with Crippen molar-refractivity contribution < 1.29 is 14.3 Å². The van der Waals surface area contributed by atoms with E-state index in [9.17, 15) is 9.59 Å². The summed E-state index contributed by atoms with van der Waals surface area (Å²) in [6, 6.07) is -0.393. The number of likely N-dealkylation sites (tertiary alicyclic amines) is 1. The first-order valence-electron chi connectivity index (χ1n) is 7.23. The van der Waals surface area contributed by atoms with Gasteiger partial charge in [-0.15, -0.1) is 0 Å². The Morgan fingerprint density at radius 1 is 1.40 bits per heavy atom. The molecule has 0 aromatic rings. The lowest BCUT2D eigenvalue weighted by molar-refractivity contribution is -0.125. The van der Waals surface area contributed by atoms with E-state index in [-0.39, 0.29) is 5.91 Å². The molecule has 0 aliphatic carbocycles. The van der Waals surface area contributed by atoms with E-state index >= 15 is 0 Å². The number of nitrogens with zero attached hydrogens (tertiary/aromatic N) is 1. The van der Waals surface area contributed by atoms with Gasteiger partial charge in [0, 0.05) is 13.1 Å². The Labute approximate surface area is 121 Å². The summed E-state index contributed by atoms with van der Waals surface area (Å²) in [4.78, 5) is 25.7. The topological polar surface area (TPSA) is 58.6 Å². The van der Waals surface area contributed by atoms with Crippen molar-refractivity contribution in [3.05, 3.63) is 12.2 Å². The first-order chi connectivity index (χ1) is 9.35. The third-order valence-corrected chi connectivity index (χ3v) is 3.03. The van der Waals surface area contributed by atoms with Crippen molar-refractivity contribution in [2.24, 2.45) is 0 Å². The maximum absolute atomic E-state index is 12.1. The average molecular weight is 282 g/mol. The van der Waals surface area contributed by atoms with Gasteiger partial charge in [0.2, 0.25) is 5.91 Å². The summed E-state index contributed by atoms with van der Waals surface area (Å²) >= 11 is 0. The van der Waals surface area contributed by atoms with Crippen LogP contribution in [0.1, 0.15) is 47.0 Å². The van der Waals surface area contributed by atoms with Crippen LogP contribution in [-0.2, 0) is 9.53 Å². The number of carbonyl (C=O) groups excluding carboxylic acids is 2. The molecule has 20 heavy (non-hydrogen) atoms. The molecule has 114 valence electrons. The lowest BCUT2D eigenvalue weighted by Crippen LogP contribution is -2.47. The first-order valence-corrected chi connectivity index (χ1v) is 7.23. The van der Waals surface area contributed by atoms with Crippen LogP contribution in [0.4, 0.5) is 4.79 Å². The Kier molecular flexibility index (Phi) is 6.05. The van der Waals surface area contributed by atoms with Gasteiger partial charge in [0.25, 0.3) is 0 Å². The second-order valence-corrected chi connectivity index (χ2v) is 5.98. The maximum atomic E-state index is 12.1. The van der Waals surface area contributed by atoms with Gasteiger partial charge in [0.1, 0.15) is 11.6 Å². The molecule has 0 radical (unpaired) electrons. The summed E-state index contributed by atoms with van der Waals surface area (Å²) in [6.45, 7) is 8.61. The fourth-order valence-electron chi connectivity index (χ4n) is 2.14. The minimum Gasteiger partial charge on any atom is -0.444 e. The van der Waals surface area contributed by atoms with Crippen LogP contribution in [0, 0.1) is 0 Å². The third-order valence-electron chi connectivity index (χ3n) is 3.03. The van der Waals surface area contributed by atoms with Crippen LogP contribution in [0.15, 0.2) is 12.2 Å². The summed E-state index contributed by atoms with van der Waals surface area (Å²) in [7, 11) is 0. The molecule has 0 spiro atoms. The lowest BCUT2D eigenvalue weighted by atomic mass is 10.2. The molecule has 1 rings (SSSR count). The highest BCUT2D eigenvalue weighted by atomic mass is 16.6. The molecule has 0 saturated carbocycles. The molecule has 2 amide bonds. The number of ether oxygens (including phenoxy) is 1. The van der Waals surface area contributed by atoms with Gasteiger partial charge in [0.05, 0.1) is 0 Å². The highest BCUT2D eigenvalue weighted by Gasteiger charge is 2.36. The van der Waals surface area contributed by atoms with Crippen molar-refractivity contribution in [1.29, 1.82) is 0 Å². The molecule has 1 N–H and O–H groups in total. The first kappa shape index (κ1) is 16.5. The zero-order valence-electron chi connectivity index (χ0n) is 12.9. The molecule has 5 nitrogen and oxygen atoms in total. The SMILES string of the molecule is C/C=C\CCNC(=O)C1CCCN1C(=O)OC(C)(C)C. The standard InChI is InChI=1S/C15H26N2O3/c1-5-6-7-10-16-13(18)12-9-8-11-17(12)14(19)20-15(2,3)4/h5-6,12H,7-11H2,1-4H3,(H,16,18)/b6-5-. The molecule has 1 aliphatic rings. The quantitative estimate of drug-likeness (QED) is 0.636. The summed E-state index contributed by atoms with van der Waals surface area (Å²) in [6.07, 6.45) is 5.90. The predicted octanol–water partition coefficient (Wildman–Crippen LogP) is 2.47. The van der Waals surface area contributed by atoms with E-state index in [2.05, 4.69) is 5.32 Å². The molecule has 1 aliphatic heterocycles. The molecule has 1 saturated heterocycles. The van der Waals surface area contributed by atoms with Crippen LogP contribution in [-0.4, -0.2) is 41.6 Å². The van der Waals surface area contributed by atoms with E-state index in [0.717, 1.165) is 12.8 Å². The van der Waals surface area contributed by atoms with Crippen molar-refractivity contribution in [1.82, 2.24) is 10.2 Å². The second kappa shape index (κ2) is 7.31. The van der Waals surface area contributed by atoms with E-state index in [1.54, 1.807) is 0 Å². The van der Waals surface area contributed by atoms with Gasteiger partial charge in [-0.2, -0.15) is 0 Å². The molecule has 1 unspecified atom stereocenters. The van der Waals surface area contributed by atoms with Crippen molar-refractivity contribution in [2.45, 2.75) is 58.6 Å². The Morgan fingerprint density at radius 2 is 2.10 bits per heavy atom. The van der Waals surface area contributed by atoms with Crippen molar-refractivity contribution in [3.63, 3.8) is 0 Å². The summed E-state index contributed by atoms with van der Waals surface area (Å²) in [5.41, 5.74) is -0.535. The Balaban J connectivity index is 2.51. The third kappa shape index (κ3) is 5.23. The zero-order valence-corrected chi connectivity index (χ0v) is 12.9. The Bertz CT molecular complexity index is 372. The number of hydrogen-bond donors (Lipinski definition) is 1. The van der Waals surface area contributed by atoms with Gasteiger partial charge >= 0.3 is 6.09 Å². The number of rotatable bonds is 4. The number of carbonyl (C=O) groups is 2. The van der Waals surface area contributed by atoms with E-state index in [0.29, 0.717) is 19.5 Å². The molecule has 5 heteroatoms. The Morgan fingerprint density at radius 3 is 2.70 bits per heavy atom. The van der Waals surface area contributed by atoms with Crippen molar-refractivity contribution in [2.75, 3.05) is 13.1 Å². The minimum atomic E-state index is -0.535. The normalized spacial score (nSPS) is 19.4. The van der Waals surface area contributed by atoms with Gasteiger partial charge in [-0.25, -0.2) is 4.79 Å². The fourth-order valence-corrected chi connectivity index (χ4v) is 2.14. The predicted molar refractivity (Wildman–Crippen MR) is 78.4 cm³/mol. The number of allylic oxidation sites excluding steroid dienone is 1. The zero-order chi connectivity index (χ0) is 15.2. The lowest BCUT2D eigenvalue weighted by Gasteiger charge is -2.28. The van der Waals surface area contributed by atoms with Gasteiger partial charge in [-0.05, 0) is 47.0 Å². The maximum Gasteiger partial charge on any atom is 0.410 e. The molecule has 0 bridgehead atoms. The smallest absolute Gasteiger partial charge is 0.410 e. The summed E-state index contributed by atoms with van der Waals surface area (Å²) < 4.78 is 5.34. The number of amides is 2. The van der Waals surface area contributed by atoms with Crippen LogP contribution in [0.25, 0.3) is 0 Å². The molecule has 0 aromatic heterocycles. The van der Waals surface area contributed by atoms with Gasteiger partial charge in [0.15, 0.2) is 0 Å². The molecular weight excluding hydrogens is 256 g/mol. The van der Waals surface area contributed by atoms with Crippen LogP contribution < -0.4 is 5.32 Å². The molecular formula is C15H26N2O3. The average Bonchev–Trinajstić information content (AvgIpc) is 2.81. The summed E-state index contributed by atoms with van der Waals surface area (Å²) in [5, 5.41) is 2.87. The molecule has 0 aromatic carbocycles. The number of nitrogens with one attached hydrogen (secondary N) is 1. The molecule has 1 heterocycles. The van der Waals surface area contributed by atoms with Gasteiger partial charge in [-0.3, -0.25) is 9.69 Å². The second-order valence-electron chi connectivity index (χ2n) is 5.98. The highest BCUT2D eigenvalue weighted by molar-refractivity contribution is 5.86. The molecule has 1 fully saturated rings. The largest absolute Gasteiger partial charge is 0.444 e. The van der Waals surface area contributed by atoms with E-state index in [1.165, 1.54) is 4.90 Å².